The van der Waals surface area contributed by atoms with Crippen molar-refractivity contribution in [3.05, 3.63) is 42.9 Å². The van der Waals surface area contributed by atoms with Gasteiger partial charge in [0, 0.05) is 86.8 Å². The Balaban J connectivity index is 1.35. The van der Waals surface area contributed by atoms with Crippen molar-refractivity contribution in [1.82, 2.24) is 23.9 Å². The van der Waals surface area contributed by atoms with Gasteiger partial charge in [-0.05, 0) is 44.2 Å². The van der Waals surface area contributed by atoms with Crippen LogP contribution in [-0.2, 0) is 13.6 Å². The Morgan fingerprint density at radius 2 is 1.78 bits per heavy atom. The van der Waals surface area contributed by atoms with Gasteiger partial charge in [-0.1, -0.05) is 0 Å². The summed E-state index contributed by atoms with van der Waals surface area (Å²) in [6.07, 6.45) is 8.92. The van der Waals surface area contributed by atoms with E-state index in [0.717, 1.165) is 12.4 Å². The lowest BCUT2D eigenvalue weighted by atomic mass is 10.1. The second-order valence-corrected chi connectivity index (χ2v) is 8.66. The molecule has 2 fully saturated rings. The van der Waals surface area contributed by atoms with E-state index in [1.165, 1.54) is 62.0 Å². The maximum Gasteiger partial charge on any atom is 0.139 e. The van der Waals surface area contributed by atoms with Crippen molar-refractivity contribution in [3.8, 4) is 11.4 Å². The molecule has 1 aromatic carbocycles. The van der Waals surface area contributed by atoms with Gasteiger partial charge in [-0.15, -0.1) is 0 Å². The zero-order valence-electron chi connectivity index (χ0n) is 16.4. The number of imidazole rings is 1. The van der Waals surface area contributed by atoms with Gasteiger partial charge in [0.15, 0.2) is 0 Å². The highest BCUT2D eigenvalue weighted by Crippen LogP contribution is 2.48. The molecule has 3 aromatic rings. The second kappa shape index (κ2) is 6.50. The molecule has 0 bridgehead atoms. The summed E-state index contributed by atoms with van der Waals surface area (Å²) in [6, 6.07) is 8.87. The van der Waals surface area contributed by atoms with Crippen LogP contribution in [0.2, 0.25) is 0 Å². The molecule has 1 saturated carbocycles. The maximum absolute atomic E-state index is 4.70. The Labute approximate surface area is 161 Å². The standard InChI is InChI=1S/C22H29N5/c1-24-11-13-26(14-12-24)16-22(6-7-22)17-27-10-8-23-21(27)19-3-4-20-18(15-19)5-9-25(20)2/h3-5,8-10,15H,6-7,11-14,16-17H2,1-2H3. The van der Waals surface area contributed by atoms with Crippen molar-refractivity contribution in [3.63, 3.8) is 0 Å². The number of aryl methyl sites for hydroxylation is 1. The largest absolute Gasteiger partial charge is 0.351 e. The fourth-order valence-electron chi connectivity index (χ4n) is 4.50. The van der Waals surface area contributed by atoms with Gasteiger partial charge >= 0.3 is 0 Å². The van der Waals surface area contributed by atoms with Crippen molar-refractivity contribution < 1.29 is 0 Å². The Hall–Kier alpha value is -2.11. The van der Waals surface area contributed by atoms with Crippen LogP contribution in [0, 0.1) is 5.41 Å². The molecular weight excluding hydrogens is 334 g/mol. The van der Waals surface area contributed by atoms with Gasteiger partial charge in [-0.3, -0.25) is 0 Å². The third-order valence-electron chi connectivity index (χ3n) is 6.48. The highest BCUT2D eigenvalue weighted by molar-refractivity contribution is 5.84. The van der Waals surface area contributed by atoms with E-state index >= 15 is 0 Å². The van der Waals surface area contributed by atoms with Crippen LogP contribution in [0.5, 0.6) is 0 Å². The Kier molecular flexibility index (Phi) is 4.10. The maximum atomic E-state index is 4.70. The van der Waals surface area contributed by atoms with Gasteiger partial charge < -0.3 is 18.9 Å². The Morgan fingerprint density at radius 3 is 2.56 bits per heavy atom. The first kappa shape index (κ1) is 17.0. The molecule has 1 aliphatic carbocycles. The second-order valence-electron chi connectivity index (χ2n) is 8.66. The summed E-state index contributed by atoms with van der Waals surface area (Å²) in [5.41, 5.74) is 2.93. The van der Waals surface area contributed by atoms with Crippen molar-refractivity contribution in [2.24, 2.45) is 12.5 Å². The topological polar surface area (TPSA) is 29.2 Å². The molecule has 142 valence electrons. The normalized spacial score (nSPS) is 20.4. The number of likely N-dealkylation sites (N-methyl/N-ethyl adjacent to an activating group) is 1. The number of hydrogen-bond donors (Lipinski definition) is 0. The lowest BCUT2D eigenvalue weighted by Crippen LogP contribution is -2.46. The molecule has 1 aliphatic heterocycles. The molecule has 0 amide bonds. The van der Waals surface area contributed by atoms with Crippen LogP contribution in [0.15, 0.2) is 42.9 Å². The number of hydrogen-bond acceptors (Lipinski definition) is 3. The first-order valence-corrected chi connectivity index (χ1v) is 10.1. The molecule has 5 rings (SSSR count). The highest BCUT2D eigenvalue weighted by Gasteiger charge is 2.44. The molecule has 27 heavy (non-hydrogen) atoms. The first-order valence-electron chi connectivity index (χ1n) is 10.1. The van der Waals surface area contributed by atoms with Crippen molar-refractivity contribution in [2.75, 3.05) is 39.8 Å². The molecule has 5 heteroatoms. The lowest BCUT2D eigenvalue weighted by molar-refractivity contribution is 0.125. The predicted octanol–water partition coefficient (Wildman–Crippen LogP) is 3.07. The zero-order valence-corrected chi connectivity index (χ0v) is 16.4. The molecule has 0 radical (unpaired) electrons. The fraction of sp³-hybridized carbons (Fsp3) is 0.500. The average molecular weight is 364 g/mol. The molecular formula is C22H29N5. The van der Waals surface area contributed by atoms with Gasteiger partial charge in [-0.25, -0.2) is 4.98 Å². The van der Waals surface area contributed by atoms with Gasteiger partial charge in [-0.2, -0.15) is 0 Å². The first-order chi connectivity index (χ1) is 13.1. The number of fused-ring (bicyclic) bond motifs is 1. The van der Waals surface area contributed by atoms with Gasteiger partial charge in [0.1, 0.15) is 5.82 Å². The average Bonchev–Trinajstić information content (AvgIpc) is 3.09. The zero-order chi connectivity index (χ0) is 18.4. The van der Waals surface area contributed by atoms with Crippen molar-refractivity contribution in [1.29, 1.82) is 0 Å². The van der Waals surface area contributed by atoms with E-state index < -0.39 is 0 Å². The fourth-order valence-corrected chi connectivity index (χ4v) is 4.50. The minimum Gasteiger partial charge on any atom is -0.351 e. The highest BCUT2D eigenvalue weighted by atomic mass is 15.3. The molecule has 2 aromatic heterocycles. The van der Waals surface area contributed by atoms with Crippen LogP contribution < -0.4 is 0 Å². The molecule has 5 nitrogen and oxygen atoms in total. The van der Waals surface area contributed by atoms with E-state index in [-0.39, 0.29) is 0 Å². The number of rotatable bonds is 5. The van der Waals surface area contributed by atoms with E-state index in [0.29, 0.717) is 5.41 Å². The van der Waals surface area contributed by atoms with E-state index in [2.05, 4.69) is 69.7 Å². The number of nitrogens with zero attached hydrogens (tertiary/aromatic N) is 5. The van der Waals surface area contributed by atoms with Gasteiger partial charge in [0.2, 0.25) is 0 Å². The summed E-state index contributed by atoms with van der Waals surface area (Å²) in [5, 5.41) is 1.28. The molecule has 1 saturated heterocycles. The third kappa shape index (κ3) is 3.30. The molecule has 0 N–H and O–H groups in total. The van der Waals surface area contributed by atoms with Crippen LogP contribution in [0.1, 0.15) is 12.8 Å². The smallest absolute Gasteiger partial charge is 0.139 e. The summed E-state index contributed by atoms with van der Waals surface area (Å²) in [7, 11) is 4.32. The summed E-state index contributed by atoms with van der Waals surface area (Å²) < 4.78 is 4.55. The number of aromatic nitrogens is 3. The van der Waals surface area contributed by atoms with Crippen molar-refractivity contribution >= 4 is 10.9 Å². The van der Waals surface area contributed by atoms with Gasteiger partial charge in [0.05, 0.1) is 0 Å². The summed E-state index contributed by atoms with van der Waals surface area (Å²) in [6.45, 7) is 7.13. The van der Waals surface area contributed by atoms with Gasteiger partial charge in [0.25, 0.3) is 0 Å². The molecule has 0 atom stereocenters. The van der Waals surface area contributed by atoms with Crippen LogP contribution in [0.4, 0.5) is 0 Å². The molecule has 2 aliphatic rings. The van der Waals surface area contributed by atoms with E-state index in [1.807, 2.05) is 6.20 Å². The molecule has 3 heterocycles. The van der Waals surface area contributed by atoms with E-state index in [9.17, 15) is 0 Å². The third-order valence-corrected chi connectivity index (χ3v) is 6.48. The minimum atomic E-state index is 0.447. The summed E-state index contributed by atoms with van der Waals surface area (Å²) >= 11 is 0. The quantitative estimate of drug-likeness (QED) is 0.698. The Bertz CT molecular complexity index is 941. The van der Waals surface area contributed by atoms with Crippen LogP contribution in [-0.4, -0.2) is 63.7 Å². The lowest BCUT2D eigenvalue weighted by Gasteiger charge is -2.35. The van der Waals surface area contributed by atoms with Crippen LogP contribution in [0.25, 0.3) is 22.3 Å². The van der Waals surface area contributed by atoms with E-state index in [4.69, 9.17) is 4.98 Å². The van der Waals surface area contributed by atoms with Crippen molar-refractivity contribution in [2.45, 2.75) is 19.4 Å². The SMILES string of the molecule is CN1CCN(CC2(Cn3ccnc3-c3ccc4c(ccn4C)c3)CC2)CC1. The van der Waals surface area contributed by atoms with E-state index in [1.54, 1.807) is 0 Å². The monoisotopic (exact) mass is 363 g/mol. The predicted molar refractivity (Wildman–Crippen MR) is 110 cm³/mol. The minimum absolute atomic E-state index is 0.447. The summed E-state index contributed by atoms with van der Waals surface area (Å²) in [4.78, 5) is 9.81. The Morgan fingerprint density at radius 1 is 0.963 bits per heavy atom. The molecule has 0 spiro atoms. The number of benzene rings is 1. The number of piperazine rings is 1. The van der Waals surface area contributed by atoms with Crippen LogP contribution in [0.3, 0.4) is 0 Å². The molecule has 0 unspecified atom stereocenters. The van der Waals surface area contributed by atoms with Crippen LogP contribution >= 0.6 is 0 Å². The summed E-state index contributed by atoms with van der Waals surface area (Å²) in [5.74, 6) is 1.10.